The maximum Gasteiger partial charge on any atom is 0.264 e. The number of thiocarbonyl (C=S) groups is 1. The quantitative estimate of drug-likeness (QED) is 0.496. The molecule has 32 heavy (non-hydrogen) atoms. The summed E-state index contributed by atoms with van der Waals surface area (Å²) in [6.45, 7) is 3.87. The molecule has 0 aliphatic carbocycles. The van der Waals surface area contributed by atoms with Gasteiger partial charge in [-0.05, 0) is 105 Å². The first-order valence-corrected chi connectivity index (χ1v) is 12.2. The molecule has 5 nitrogen and oxygen atoms in total. The lowest BCUT2D eigenvalue weighted by molar-refractivity contribution is 0.560. The number of anilines is 3. The summed E-state index contributed by atoms with van der Waals surface area (Å²) >= 11 is 5.36. The van der Waals surface area contributed by atoms with Crippen LogP contribution in [0.25, 0.3) is 0 Å². The molecule has 0 saturated heterocycles. The van der Waals surface area contributed by atoms with Gasteiger partial charge in [0, 0.05) is 17.4 Å². The van der Waals surface area contributed by atoms with E-state index >= 15 is 0 Å². The number of nitrogens with zero attached hydrogens (tertiary/aromatic N) is 1. The van der Waals surface area contributed by atoms with Gasteiger partial charge in [-0.15, -0.1) is 0 Å². The first-order chi connectivity index (χ1) is 15.2. The highest BCUT2D eigenvalue weighted by Gasteiger charge is 2.33. The predicted octanol–water partition coefficient (Wildman–Crippen LogP) is 5.47. The Labute approximate surface area is 193 Å². The number of nitrogens with one attached hydrogen (secondary N) is 2. The Bertz CT molecular complexity index is 1260. The first kappa shape index (κ1) is 22.2. The number of rotatable bonds is 4. The Hall–Kier alpha value is -2.97. The smallest absolute Gasteiger partial charge is 0.264 e. The molecule has 1 aliphatic heterocycles. The standard InChI is InChI=1S/C24H24FN3O2S2/c1-16-4-3-5-21(14-16)27-24(31)26-20-9-11-22(12-10-20)32(29,30)28-17(2)6-7-18-15-19(25)8-13-23(18)28/h3-5,8-15,17H,6-7H2,1-2H3,(H2,26,27,31)/t17-/m1/s1. The summed E-state index contributed by atoms with van der Waals surface area (Å²) in [5.74, 6) is -0.360. The van der Waals surface area contributed by atoms with Crippen molar-refractivity contribution in [3.05, 3.63) is 83.7 Å². The molecule has 166 valence electrons. The number of benzene rings is 3. The van der Waals surface area contributed by atoms with E-state index < -0.39 is 10.0 Å². The lowest BCUT2D eigenvalue weighted by atomic mass is 9.99. The van der Waals surface area contributed by atoms with Gasteiger partial charge < -0.3 is 10.6 Å². The van der Waals surface area contributed by atoms with Gasteiger partial charge in [0.15, 0.2) is 5.11 Å². The molecule has 3 aromatic carbocycles. The Morgan fingerprint density at radius 3 is 2.47 bits per heavy atom. The monoisotopic (exact) mass is 469 g/mol. The van der Waals surface area contributed by atoms with Crippen molar-refractivity contribution in [2.24, 2.45) is 0 Å². The molecule has 4 rings (SSSR count). The van der Waals surface area contributed by atoms with Crippen molar-refractivity contribution in [2.45, 2.75) is 37.6 Å². The number of hydrogen-bond acceptors (Lipinski definition) is 3. The molecule has 0 spiro atoms. The summed E-state index contributed by atoms with van der Waals surface area (Å²) in [5, 5.41) is 6.59. The molecule has 3 aromatic rings. The molecular weight excluding hydrogens is 445 g/mol. The minimum atomic E-state index is -3.80. The van der Waals surface area contributed by atoms with Gasteiger partial charge in [0.05, 0.1) is 10.6 Å². The van der Waals surface area contributed by atoms with E-state index in [0.29, 0.717) is 34.9 Å². The molecule has 1 aliphatic rings. The molecule has 0 aromatic heterocycles. The van der Waals surface area contributed by atoms with E-state index in [9.17, 15) is 12.8 Å². The zero-order valence-electron chi connectivity index (χ0n) is 17.8. The molecule has 0 amide bonds. The number of aryl methyl sites for hydroxylation is 2. The molecule has 8 heteroatoms. The predicted molar refractivity (Wildman–Crippen MR) is 131 cm³/mol. The third-order valence-electron chi connectivity index (χ3n) is 5.46. The third-order valence-corrected chi connectivity index (χ3v) is 7.60. The Kier molecular flexibility index (Phi) is 6.17. The van der Waals surface area contributed by atoms with Gasteiger partial charge in [-0.3, -0.25) is 4.31 Å². The Morgan fingerprint density at radius 2 is 1.75 bits per heavy atom. The SMILES string of the molecule is Cc1cccc(NC(=S)Nc2ccc(S(=O)(=O)N3c4ccc(F)cc4CC[C@H]3C)cc2)c1. The minimum absolute atomic E-state index is 0.171. The molecule has 0 saturated carbocycles. The summed E-state index contributed by atoms with van der Waals surface area (Å²) in [5.41, 5.74) is 3.90. The molecule has 1 heterocycles. The summed E-state index contributed by atoms with van der Waals surface area (Å²) in [6, 6.07) is 18.3. The zero-order chi connectivity index (χ0) is 22.9. The van der Waals surface area contributed by atoms with Crippen LogP contribution in [0.1, 0.15) is 24.5 Å². The Balaban J connectivity index is 1.53. The van der Waals surface area contributed by atoms with Gasteiger partial charge in [0.25, 0.3) is 10.0 Å². The molecule has 0 fully saturated rings. The Morgan fingerprint density at radius 1 is 1.03 bits per heavy atom. The van der Waals surface area contributed by atoms with Crippen molar-refractivity contribution in [3.63, 3.8) is 0 Å². The van der Waals surface area contributed by atoms with E-state index in [1.165, 1.54) is 16.4 Å². The van der Waals surface area contributed by atoms with Gasteiger partial charge in [-0.1, -0.05) is 12.1 Å². The van der Waals surface area contributed by atoms with E-state index in [2.05, 4.69) is 10.6 Å². The van der Waals surface area contributed by atoms with E-state index in [4.69, 9.17) is 12.2 Å². The highest BCUT2D eigenvalue weighted by atomic mass is 32.2. The molecular formula is C24H24FN3O2S2. The number of halogens is 1. The van der Waals surface area contributed by atoms with Crippen LogP contribution in [0.5, 0.6) is 0 Å². The molecule has 0 bridgehead atoms. The van der Waals surface area contributed by atoms with E-state index in [1.807, 2.05) is 38.1 Å². The lowest BCUT2D eigenvalue weighted by Gasteiger charge is -2.36. The maximum atomic E-state index is 13.7. The maximum absolute atomic E-state index is 13.7. The van der Waals surface area contributed by atoms with Crippen LogP contribution in [0.3, 0.4) is 0 Å². The first-order valence-electron chi connectivity index (χ1n) is 10.3. The second-order valence-corrected chi connectivity index (χ2v) is 10.2. The summed E-state index contributed by atoms with van der Waals surface area (Å²) in [7, 11) is -3.80. The average molecular weight is 470 g/mol. The van der Waals surface area contributed by atoms with Crippen LogP contribution in [0.2, 0.25) is 0 Å². The van der Waals surface area contributed by atoms with Crippen LogP contribution in [0.4, 0.5) is 21.5 Å². The number of hydrogen-bond donors (Lipinski definition) is 2. The van der Waals surface area contributed by atoms with Crippen LogP contribution in [0.15, 0.2) is 71.6 Å². The van der Waals surface area contributed by atoms with Gasteiger partial charge in [0.1, 0.15) is 5.82 Å². The van der Waals surface area contributed by atoms with Gasteiger partial charge in [-0.25, -0.2) is 12.8 Å². The fourth-order valence-electron chi connectivity index (χ4n) is 3.89. The summed E-state index contributed by atoms with van der Waals surface area (Å²) < 4.78 is 41.9. The third kappa shape index (κ3) is 4.61. The van der Waals surface area contributed by atoms with Crippen molar-refractivity contribution in [1.82, 2.24) is 0 Å². The number of fused-ring (bicyclic) bond motifs is 1. The van der Waals surface area contributed by atoms with Crippen molar-refractivity contribution in [2.75, 3.05) is 14.9 Å². The summed E-state index contributed by atoms with van der Waals surface area (Å²) in [6.07, 6.45) is 1.28. The van der Waals surface area contributed by atoms with E-state index in [-0.39, 0.29) is 16.8 Å². The van der Waals surface area contributed by atoms with Crippen LogP contribution in [-0.4, -0.2) is 19.6 Å². The highest BCUT2D eigenvalue weighted by molar-refractivity contribution is 7.92. The average Bonchev–Trinajstić information content (AvgIpc) is 2.74. The van der Waals surface area contributed by atoms with Crippen LogP contribution in [-0.2, 0) is 16.4 Å². The lowest BCUT2D eigenvalue weighted by Crippen LogP contribution is -2.42. The van der Waals surface area contributed by atoms with Crippen LogP contribution >= 0.6 is 12.2 Å². The van der Waals surface area contributed by atoms with Gasteiger partial charge in [0.2, 0.25) is 0 Å². The molecule has 0 radical (unpaired) electrons. The van der Waals surface area contributed by atoms with Gasteiger partial charge in [-0.2, -0.15) is 0 Å². The summed E-state index contributed by atoms with van der Waals surface area (Å²) in [4.78, 5) is 0.171. The van der Waals surface area contributed by atoms with Crippen molar-refractivity contribution < 1.29 is 12.8 Å². The fourth-order valence-corrected chi connectivity index (χ4v) is 5.85. The van der Waals surface area contributed by atoms with Crippen molar-refractivity contribution in [1.29, 1.82) is 0 Å². The highest BCUT2D eigenvalue weighted by Crippen LogP contribution is 2.35. The second kappa shape index (κ2) is 8.88. The zero-order valence-corrected chi connectivity index (χ0v) is 19.4. The second-order valence-electron chi connectivity index (χ2n) is 7.93. The van der Waals surface area contributed by atoms with Crippen LogP contribution in [0, 0.1) is 12.7 Å². The van der Waals surface area contributed by atoms with Crippen LogP contribution < -0.4 is 14.9 Å². The minimum Gasteiger partial charge on any atom is -0.332 e. The molecule has 2 N–H and O–H groups in total. The topological polar surface area (TPSA) is 61.4 Å². The van der Waals surface area contributed by atoms with E-state index in [0.717, 1.165) is 11.3 Å². The van der Waals surface area contributed by atoms with E-state index in [1.54, 1.807) is 30.3 Å². The molecule has 0 unspecified atom stereocenters. The molecule has 1 atom stereocenters. The largest absolute Gasteiger partial charge is 0.332 e. The van der Waals surface area contributed by atoms with Crippen molar-refractivity contribution >= 4 is 44.4 Å². The fraction of sp³-hybridized carbons (Fsp3) is 0.208. The van der Waals surface area contributed by atoms with Crippen molar-refractivity contribution in [3.8, 4) is 0 Å². The van der Waals surface area contributed by atoms with Gasteiger partial charge >= 0.3 is 0 Å². The normalized spacial score (nSPS) is 15.7. The number of sulfonamides is 1.